The van der Waals surface area contributed by atoms with Gasteiger partial charge < -0.3 is 21.1 Å². The van der Waals surface area contributed by atoms with Crippen molar-refractivity contribution in [3.8, 4) is 0 Å². The van der Waals surface area contributed by atoms with Gasteiger partial charge in [-0.25, -0.2) is 4.79 Å². The van der Waals surface area contributed by atoms with E-state index < -0.39 is 18.1 Å². The number of benzene rings is 2. The standard InChI is InChI=1S/C20H21Cl2N3O3/c1-28-20(27)17-9-16(19-14(22)7-13(21)8-15(19)24-17)25-18(26)6-11-3-2-4-12(5-11)10-23/h2-5,7-8,16-17,24H,6,9-10,23H2,1H3,(H,25,26)/t16-,17+/m0/s1. The van der Waals surface area contributed by atoms with E-state index in [9.17, 15) is 9.59 Å². The van der Waals surface area contributed by atoms with Crippen LogP contribution in [-0.2, 0) is 27.3 Å². The highest BCUT2D eigenvalue weighted by Crippen LogP contribution is 2.40. The van der Waals surface area contributed by atoms with Crippen molar-refractivity contribution < 1.29 is 14.3 Å². The number of anilines is 1. The quantitative estimate of drug-likeness (QED) is 0.644. The second-order valence-corrected chi connectivity index (χ2v) is 7.47. The maximum atomic E-state index is 12.7. The third kappa shape index (κ3) is 4.58. The molecule has 0 saturated heterocycles. The minimum absolute atomic E-state index is 0.179. The van der Waals surface area contributed by atoms with Gasteiger partial charge >= 0.3 is 5.97 Å². The minimum Gasteiger partial charge on any atom is -0.467 e. The number of halogens is 2. The Hall–Kier alpha value is -2.28. The number of rotatable bonds is 5. The maximum Gasteiger partial charge on any atom is 0.328 e. The zero-order valence-electron chi connectivity index (χ0n) is 15.3. The van der Waals surface area contributed by atoms with Crippen LogP contribution < -0.4 is 16.4 Å². The van der Waals surface area contributed by atoms with Gasteiger partial charge in [-0.3, -0.25) is 4.79 Å². The number of esters is 1. The molecule has 1 aliphatic rings. The smallest absolute Gasteiger partial charge is 0.328 e. The summed E-state index contributed by atoms with van der Waals surface area (Å²) in [6, 6.07) is 9.80. The molecule has 0 unspecified atom stereocenters. The fourth-order valence-electron chi connectivity index (χ4n) is 3.38. The highest BCUT2D eigenvalue weighted by Gasteiger charge is 2.34. The molecule has 6 nitrogen and oxygen atoms in total. The van der Waals surface area contributed by atoms with Crippen molar-refractivity contribution in [3.63, 3.8) is 0 Å². The van der Waals surface area contributed by atoms with Gasteiger partial charge in [0.05, 0.1) is 19.6 Å². The van der Waals surface area contributed by atoms with Gasteiger partial charge in [0, 0.05) is 34.3 Å². The van der Waals surface area contributed by atoms with E-state index in [-0.39, 0.29) is 12.3 Å². The van der Waals surface area contributed by atoms with Gasteiger partial charge in [-0.1, -0.05) is 47.5 Å². The largest absolute Gasteiger partial charge is 0.467 e. The van der Waals surface area contributed by atoms with Crippen molar-refractivity contribution in [1.82, 2.24) is 5.32 Å². The molecule has 2 atom stereocenters. The van der Waals surface area contributed by atoms with Crippen molar-refractivity contribution in [2.45, 2.75) is 31.5 Å². The Morgan fingerprint density at radius 1 is 1.25 bits per heavy atom. The fraction of sp³-hybridized carbons (Fsp3) is 0.300. The summed E-state index contributed by atoms with van der Waals surface area (Å²) in [4.78, 5) is 24.7. The predicted molar refractivity (Wildman–Crippen MR) is 109 cm³/mol. The van der Waals surface area contributed by atoms with Crippen LogP contribution in [0.5, 0.6) is 0 Å². The lowest BCUT2D eigenvalue weighted by Gasteiger charge is -2.33. The number of ether oxygens (including phenoxy) is 1. The summed E-state index contributed by atoms with van der Waals surface area (Å²) < 4.78 is 4.85. The number of methoxy groups -OCH3 is 1. The molecule has 0 radical (unpaired) electrons. The van der Waals surface area contributed by atoms with Gasteiger partial charge in [0.1, 0.15) is 6.04 Å². The number of hydrogen-bond donors (Lipinski definition) is 3. The Bertz CT molecular complexity index is 904. The number of nitrogens with one attached hydrogen (secondary N) is 2. The van der Waals surface area contributed by atoms with Crippen molar-refractivity contribution in [2.75, 3.05) is 12.4 Å². The average molecular weight is 422 g/mol. The molecule has 0 spiro atoms. The summed E-state index contributed by atoms with van der Waals surface area (Å²) in [6.45, 7) is 0.411. The van der Waals surface area contributed by atoms with Crippen molar-refractivity contribution in [1.29, 1.82) is 0 Å². The molecule has 2 aromatic carbocycles. The van der Waals surface area contributed by atoms with Gasteiger partial charge in [-0.2, -0.15) is 0 Å². The van der Waals surface area contributed by atoms with E-state index in [0.717, 1.165) is 11.1 Å². The first kappa shape index (κ1) is 20.5. The summed E-state index contributed by atoms with van der Waals surface area (Å²) >= 11 is 12.5. The zero-order chi connectivity index (χ0) is 20.3. The zero-order valence-corrected chi connectivity index (χ0v) is 16.8. The summed E-state index contributed by atoms with van der Waals surface area (Å²) in [5, 5.41) is 6.93. The van der Waals surface area contributed by atoms with Crippen molar-refractivity contribution in [3.05, 3.63) is 63.1 Å². The molecule has 0 fully saturated rings. The molecule has 0 saturated carbocycles. The predicted octanol–water partition coefficient (Wildman–Crippen LogP) is 3.21. The third-order valence-electron chi connectivity index (χ3n) is 4.66. The molecule has 3 rings (SSSR count). The van der Waals surface area contributed by atoms with E-state index in [4.69, 9.17) is 33.7 Å². The molecule has 2 aromatic rings. The molecule has 8 heteroatoms. The number of carbonyl (C=O) groups excluding carboxylic acids is 2. The number of fused-ring (bicyclic) bond motifs is 1. The fourth-order valence-corrected chi connectivity index (χ4v) is 4.01. The van der Waals surface area contributed by atoms with Crippen molar-refractivity contribution >= 4 is 40.8 Å². The highest BCUT2D eigenvalue weighted by molar-refractivity contribution is 6.35. The van der Waals surface area contributed by atoms with Crippen LogP contribution in [0.1, 0.15) is 29.2 Å². The number of hydrogen-bond acceptors (Lipinski definition) is 5. The van der Waals surface area contributed by atoms with E-state index in [0.29, 0.717) is 34.3 Å². The number of amides is 1. The lowest BCUT2D eigenvalue weighted by atomic mass is 9.92. The number of nitrogens with two attached hydrogens (primary N) is 1. The van der Waals surface area contributed by atoms with Crippen LogP contribution in [0.25, 0.3) is 0 Å². The first-order valence-electron chi connectivity index (χ1n) is 8.81. The van der Waals surface area contributed by atoms with Crippen LogP contribution in [0.4, 0.5) is 5.69 Å². The van der Waals surface area contributed by atoms with Gasteiger partial charge in [0.2, 0.25) is 5.91 Å². The second-order valence-electron chi connectivity index (χ2n) is 6.63. The summed E-state index contributed by atoms with van der Waals surface area (Å²) in [6.07, 6.45) is 0.511. The molecule has 4 N–H and O–H groups in total. The third-order valence-corrected chi connectivity index (χ3v) is 5.19. The van der Waals surface area contributed by atoms with Gasteiger partial charge in [0.15, 0.2) is 0 Å². The van der Waals surface area contributed by atoms with Crippen LogP contribution in [0, 0.1) is 0 Å². The molecule has 0 aromatic heterocycles. The first-order chi connectivity index (χ1) is 13.4. The average Bonchev–Trinajstić information content (AvgIpc) is 2.66. The van der Waals surface area contributed by atoms with Crippen LogP contribution >= 0.6 is 23.2 Å². The lowest BCUT2D eigenvalue weighted by molar-refractivity contribution is -0.142. The minimum atomic E-state index is -0.613. The monoisotopic (exact) mass is 421 g/mol. The molecule has 148 valence electrons. The highest BCUT2D eigenvalue weighted by atomic mass is 35.5. The van der Waals surface area contributed by atoms with E-state index in [1.165, 1.54) is 7.11 Å². The van der Waals surface area contributed by atoms with Gasteiger partial charge in [-0.15, -0.1) is 0 Å². The van der Waals surface area contributed by atoms with Crippen LogP contribution in [0.3, 0.4) is 0 Å². The molecular formula is C20H21Cl2N3O3. The van der Waals surface area contributed by atoms with E-state index in [1.54, 1.807) is 12.1 Å². The van der Waals surface area contributed by atoms with E-state index in [1.807, 2.05) is 24.3 Å². The van der Waals surface area contributed by atoms with E-state index >= 15 is 0 Å². The lowest BCUT2D eigenvalue weighted by Crippen LogP contribution is -2.42. The normalized spacial score (nSPS) is 18.0. The second kappa shape index (κ2) is 8.82. The van der Waals surface area contributed by atoms with E-state index in [2.05, 4.69) is 10.6 Å². The Morgan fingerprint density at radius 3 is 2.71 bits per heavy atom. The summed E-state index contributed by atoms with van der Waals surface area (Å²) in [7, 11) is 1.32. The summed E-state index contributed by atoms with van der Waals surface area (Å²) in [5.41, 5.74) is 8.79. The van der Waals surface area contributed by atoms with Gasteiger partial charge in [-0.05, 0) is 23.3 Å². The molecule has 1 heterocycles. The topological polar surface area (TPSA) is 93.5 Å². The molecule has 1 amide bonds. The Balaban J connectivity index is 1.83. The SMILES string of the molecule is COC(=O)[C@H]1C[C@H](NC(=O)Cc2cccc(CN)c2)c2c(Cl)cc(Cl)cc2N1. The van der Waals surface area contributed by atoms with Crippen LogP contribution in [0.15, 0.2) is 36.4 Å². The number of carbonyl (C=O) groups is 2. The molecule has 1 aliphatic heterocycles. The Kier molecular flexibility index (Phi) is 6.44. The van der Waals surface area contributed by atoms with Crippen molar-refractivity contribution in [2.24, 2.45) is 5.73 Å². The molecule has 0 bridgehead atoms. The maximum absolute atomic E-state index is 12.7. The first-order valence-corrected chi connectivity index (χ1v) is 9.57. The van der Waals surface area contributed by atoms with Crippen LogP contribution in [-0.4, -0.2) is 25.0 Å². The summed E-state index contributed by atoms with van der Waals surface area (Å²) in [5.74, 6) is -0.599. The molecule has 28 heavy (non-hydrogen) atoms. The molecule has 0 aliphatic carbocycles. The van der Waals surface area contributed by atoms with Crippen LogP contribution in [0.2, 0.25) is 10.0 Å². The molecular weight excluding hydrogens is 401 g/mol. The Labute approximate surface area is 173 Å². The van der Waals surface area contributed by atoms with Gasteiger partial charge in [0.25, 0.3) is 0 Å². The Morgan fingerprint density at radius 2 is 2.00 bits per heavy atom.